The molecule has 2 heteroatoms. The third kappa shape index (κ3) is 5.06. The maximum atomic E-state index is 2.44. The van der Waals surface area contributed by atoms with E-state index in [2.05, 4.69) is 204 Å². The predicted molar refractivity (Wildman–Crippen MR) is 209 cm³/mol. The summed E-state index contributed by atoms with van der Waals surface area (Å²) in [7, 11) is 0. The van der Waals surface area contributed by atoms with Crippen LogP contribution in [-0.2, 0) is 0 Å². The molecule has 0 aliphatic carbocycles. The molecule has 0 atom stereocenters. The fraction of sp³-hybridized carbons (Fsp3) is 0.0213. The standard InChI is InChI=1S/C47H34N2/c1-33-19-26-38(27-20-33)48(39-28-21-35(22-29-39)34-11-3-2-4-12-34)40-30-23-37(24-31-40)41-14-7-9-17-44(41)49-45-18-10-8-16-43(45)47-42-15-6-5-13-36(42)25-32-46(47)49/h2-32H,1H3. The number of anilines is 3. The predicted octanol–water partition coefficient (Wildman–Crippen LogP) is 13.0. The third-order valence-electron chi connectivity index (χ3n) is 9.67. The monoisotopic (exact) mass is 626 g/mol. The Morgan fingerprint density at radius 1 is 0.388 bits per heavy atom. The molecule has 1 aromatic heterocycles. The van der Waals surface area contributed by atoms with E-state index in [0.29, 0.717) is 0 Å². The molecule has 1 heterocycles. The Bertz CT molecular complexity index is 2580. The van der Waals surface area contributed by atoms with E-state index in [4.69, 9.17) is 0 Å². The van der Waals surface area contributed by atoms with Crippen LogP contribution in [-0.4, -0.2) is 4.57 Å². The van der Waals surface area contributed by atoms with Crippen LogP contribution in [0.15, 0.2) is 188 Å². The van der Waals surface area contributed by atoms with E-state index in [1.807, 2.05) is 0 Å². The topological polar surface area (TPSA) is 8.17 Å². The molecule has 0 N–H and O–H groups in total. The SMILES string of the molecule is Cc1ccc(N(c2ccc(-c3ccccc3)cc2)c2ccc(-c3ccccc3-n3c4ccccc4c4c5ccccc5ccc43)cc2)cc1. The molecule has 0 spiro atoms. The van der Waals surface area contributed by atoms with Crippen molar-refractivity contribution < 1.29 is 0 Å². The first-order chi connectivity index (χ1) is 24.2. The van der Waals surface area contributed by atoms with Crippen LogP contribution in [0.2, 0.25) is 0 Å². The molecule has 0 aliphatic rings. The quantitative estimate of drug-likeness (QED) is 0.178. The van der Waals surface area contributed by atoms with E-state index in [1.54, 1.807) is 0 Å². The molecular weight excluding hydrogens is 593 g/mol. The number of nitrogens with zero attached hydrogens (tertiary/aromatic N) is 2. The first-order valence-corrected chi connectivity index (χ1v) is 16.9. The van der Waals surface area contributed by atoms with Crippen molar-refractivity contribution in [3.05, 3.63) is 194 Å². The number of aromatic nitrogens is 1. The zero-order valence-electron chi connectivity index (χ0n) is 27.3. The maximum absolute atomic E-state index is 2.44. The van der Waals surface area contributed by atoms with Crippen molar-refractivity contribution >= 4 is 49.6 Å². The van der Waals surface area contributed by atoms with Crippen LogP contribution in [0.1, 0.15) is 5.56 Å². The lowest BCUT2D eigenvalue weighted by Gasteiger charge is -2.26. The largest absolute Gasteiger partial charge is 0.311 e. The molecule has 0 radical (unpaired) electrons. The van der Waals surface area contributed by atoms with Crippen molar-refractivity contribution in [3.8, 4) is 27.9 Å². The molecule has 8 aromatic carbocycles. The van der Waals surface area contributed by atoms with Gasteiger partial charge in [0.15, 0.2) is 0 Å². The van der Waals surface area contributed by atoms with Gasteiger partial charge in [0.05, 0.1) is 16.7 Å². The van der Waals surface area contributed by atoms with E-state index in [9.17, 15) is 0 Å². The first-order valence-electron chi connectivity index (χ1n) is 16.9. The Kier molecular flexibility index (Phi) is 7.06. The summed E-state index contributed by atoms with van der Waals surface area (Å²) in [5, 5.41) is 5.11. The average Bonchev–Trinajstić information content (AvgIpc) is 3.51. The number of benzene rings is 8. The third-order valence-corrected chi connectivity index (χ3v) is 9.67. The minimum absolute atomic E-state index is 1.11. The van der Waals surface area contributed by atoms with Crippen LogP contribution >= 0.6 is 0 Å². The van der Waals surface area contributed by atoms with E-state index >= 15 is 0 Å². The van der Waals surface area contributed by atoms with E-state index in [1.165, 1.54) is 66.1 Å². The van der Waals surface area contributed by atoms with Gasteiger partial charge in [-0.25, -0.2) is 0 Å². The molecule has 0 unspecified atom stereocenters. The van der Waals surface area contributed by atoms with Gasteiger partial charge >= 0.3 is 0 Å². The molecule has 2 nitrogen and oxygen atoms in total. The molecule has 0 fully saturated rings. The summed E-state index contributed by atoms with van der Waals surface area (Å²) in [6.07, 6.45) is 0. The highest BCUT2D eigenvalue weighted by atomic mass is 15.1. The maximum Gasteiger partial charge on any atom is 0.0547 e. The van der Waals surface area contributed by atoms with Crippen LogP contribution < -0.4 is 4.90 Å². The van der Waals surface area contributed by atoms with Crippen LogP contribution in [0.4, 0.5) is 17.1 Å². The number of hydrogen-bond donors (Lipinski definition) is 0. The Labute approximate surface area is 286 Å². The summed E-state index contributed by atoms with van der Waals surface area (Å²) < 4.78 is 2.44. The van der Waals surface area contributed by atoms with E-state index < -0.39 is 0 Å². The van der Waals surface area contributed by atoms with Gasteiger partial charge in [0, 0.05) is 33.4 Å². The first kappa shape index (κ1) is 28.8. The van der Waals surface area contributed by atoms with Gasteiger partial charge in [-0.05, 0) is 89.0 Å². The summed E-state index contributed by atoms with van der Waals surface area (Å²) in [6, 6.07) is 68.0. The lowest BCUT2D eigenvalue weighted by atomic mass is 10.0. The molecule has 0 saturated carbocycles. The molecule has 0 aliphatic heterocycles. The van der Waals surface area contributed by atoms with Gasteiger partial charge in [-0.3, -0.25) is 0 Å². The Morgan fingerprint density at radius 2 is 0.939 bits per heavy atom. The zero-order valence-corrected chi connectivity index (χ0v) is 27.3. The molecule has 0 saturated heterocycles. The van der Waals surface area contributed by atoms with Crippen molar-refractivity contribution in [2.45, 2.75) is 6.92 Å². The molecule has 9 rings (SSSR count). The van der Waals surface area contributed by atoms with E-state index in [0.717, 1.165) is 17.1 Å². The second-order valence-corrected chi connectivity index (χ2v) is 12.7. The highest BCUT2D eigenvalue weighted by Gasteiger charge is 2.18. The number of rotatable bonds is 6. The molecular formula is C47H34N2. The van der Waals surface area contributed by atoms with Gasteiger partial charge in [-0.15, -0.1) is 0 Å². The number of hydrogen-bond acceptors (Lipinski definition) is 1. The second kappa shape index (κ2) is 12.0. The van der Waals surface area contributed by atoms with Gasteiger partial charge in [0.1, 0.15) is 0 Å². The summed E-state index contributed by atoms with van der Waals surface area (Å²) in [6.45, 7) is 2.13. The minimum atomic E-state index is 1.11. The molecule has 0 bridgehead atoms. The van der Waals surface area contributed by atoms with Crippen molar-refractivity contribution in [3.63, 3.8) is 0 Å². The lowest BCUT2D eigenvalue weighted by Crippen LogP contribution is -2.09. The molecule has 49 heavy (non-hydrogen) atoms. The second-order valence-electron chi connectivity index (χ2n) is 12.7. The minimum Gasteiger partial charge on any atom is -0.311 e. The van der Waals surface area contributed by atoms with Crippen LogP contribution in [0, 0.1) is 6.92 Å². The summed E-state index contributed by atoms with van der Waals surface area (Å²) in [5.41, 5.74) is 13.0. The van der Waals surface area contributed by atoms with Gasteiger partial charge in [0.2, 0.25) is 0 Å². The smallest absolute Gasteiger partial charge is 0.0547 e. The summed E-state index contributed by atoms with van der Waals surface area (Å²) in [5.74, 6) is 0. The van der Waals surface area contributed by atoms with E-state index in [-0.39, 0.29) is 0 Å². The number of aryl methyl sites for hydroxylation is 1. The molecule has 9 aromatic rings. The van der Waals surface area contributed by atoms with Crippen LogP contribution in [0.3, 0.4) is 0 Å². The van der Waals surface area contributed by atoms with Crippen LogP contribution in [0.25, 0.3) is 60.5 Å². The molecule has 0 amide bonds. The summed E-state index contributed by atoms with van der Waals surface area (Å²) in [4.78, 5) is 2.34. The Morgan fingerprint density at radius 3 is 1.67 bits per heavy atom. The van der Waals surface area contributed by atoms with Crippen molar-refractivity contribution in [2.24, 2.45) is 0 Å². The summed E-state index contributed by atoms with van der Waals surface area (Å²) >= 11 is 0. The van der Waals surface area contributed by atoms with Gasteiger partial charge < -0.3 is 9.47 Å². The lowest BCUT2D eigenvalue weighted by molar-refractivity contribution is 1.18. The van der Waals surface area contributed by atoms with Gasteiger partial charge in [0.25, 0.3) is 0 Å². The fourth-order valence-corrected chi connectivity index (χ4v) is 7.28. The van der Waals surface area contributed by atoms with Crippen molar-refractivity contribution in [1.29, 1.82) is 0 Å². The average molecular weight is 627 g/mol. The van der Waals surface area contributed by atoms with Gasteiger partial charge in [-0.1, -0.05) is 139 Å². The van der Waals surface area contributed by atoms with Crippen molar-refractivity contribution in [2.75, 3.05) is 4.90 Å². The number of fused-ring (bicyclic) bond motifs is 5. The Balaban J connectivity index is 1.16. The highest BCUT2D eigenvalue weighted by Crippen LogP contribution is 2.41. The van der Waals surface area contributed by atoms with Crippen molar-refractivity contribution in [1.82, 2.24) is 4.57 Å². The van der Waals surface area contributed by atoms with Crippen LogP contribution in [0.5, 0.6) is 0 Å². The highest BCUT2D eigenvalue weighted by molar-refractivity contribution is 6.21. The Hall–Kier alpha value is -6.38. The molecule has 232 valence electrons. The van der Waals surface area contributed by atoms with Gasteiger partial charge in [-0.2, -0.15) is 0 Å². The zero-order chi connectivity index (χ0) is 32.7. The number of para-hydroxylation sites is 2. The fourth-order valence-electron chi connectivity index (χ4n) is 7.28. The normalized spacial score (nSPS) is 11.4.